The van der Waals surface area contributed by atoms with Crippen molar-refractivity contribution in [2.75, 3.05) is 6.61 Å². The monoisotopic (exact) mass is 82.0 g/mol. The predicted octanol–water partition coefficient (Wildman–Crippen LogP) is 0.168. The van der Waals surface area contributed by atoms with E-state index in [-0.39, 0.29) is 6.61 Å². The van der Waals surface area contributed by atoms with Gasteiger partial charge in [-0.15, -0.1) is 6.42 Å². The first-order valence-electron chi connectivity index (χ1n) is 1.64. The van der Waals surface area contributed by atoms with E-state index in [0.717, 1.165) is 0 Å². The second-order valence-corrected chi connectivity index (χ2v) is 0.752. The first-order valence-corrected chi connectivity index (χ1v) is 1.64. The van der Waals surface area contributed by atoms with Crippen LogP contribution in [0.2, 0.25) is 0 Å². The van der Waals surface area contributed by atoms with Crippen LogP contribution in [0.4, 0.5) is 0 Å². The smallest absolute Gasteiger partial charge is 0.0621 e. The molecule has 0 atom stereocenters. The maximum absolute atomic E-state index is 8.02. The molecule has 6 heavy (non-hydrogen) atoms. The molecule has 1 nitrogen and oxygen atoms in total. The molecule has 1 N–H and O–H groups in total. The quantitative estimate of drug-likeness (QED) is 0.447. The fraction of sp³-hybridized carbons (Fsp3) is 0.200. The second-order valence-electron chi connectivity index (χ2n) is 0.752. The minimum absolute atomic E-state index is 0.0319. The number of aliphatic hydroxyl groups is 1. The lowest BCUT2D eigenvalue weighted by Gasteiger charge is -1.66. The van der Waals surface area contributed by atoms with Crippen LogP contribution in [0, 0.1) is 12.3 Å². The van der Waals surface area contributed by atoms with Crippen molar-refractivity contribution >= 4 is 0 Å². The fourth-order valence-electron chi connectivity index (χ4n) is 0.121. The van der Waals surface area contributed by atoms with Gasteiger partial charge in [-0.2, -0.15) is 0 Å². The summed E-state index contributed by atoms with van der Waals surface area (Å²) in [6.45, 7) is 0.0319. The normalized spacial score (nSPS) is 8.67. The third-order valence-corrected chi connectivity index (χ3v) is 0.319. The highest BCUT2D eigenvalue weighted by atomic mass is 16.2. The van der Waals surface area contributed by atoms with E-state index in [2.05, 4.69) is 5.92 Å². The minimum atomic E-state index is 0.0319. The van der Waals surface area contributed by atoms with E-state index in [1.54, 1.807) is 0 Å². The Morgan fingerprint density at radius 3 is 2.67 bits per heavy atom. The molecule has 0 radical (unpaired) electrons. The van der Waals surface area contributed by atoms with Crippen LogP contribution < -0.4 is 0 Å². The summed E-state index contributed by atoms with van der Waals surface area (Å²) >= 11 is 0. The number of hydrogen-bond acceptors (Lipinski definition) is 1. The van der Waals surface area contributed by atoms with E-state index in [0.29, 0.717) is 0 Å². The predicted molar refractivity (Wildman–Crippen MR) is 25.1 cm³/mol. The van der Waals surface area contributed by atoms with Gasteiger partial charge in [0.15, 0.2) is 0 Å². The Hall–Kier alpha value is -0.740. The van der Waals surface area contributed by atoms with Crippen molar-refractivity contribution in [1.82, 2.24) is 0 Å². The van der Waals surface area contributed by atoms with Crippen molar-refractivity contribution in [3.8, 4) is 12.3 Å². The van der Waals surface area contributed by atoms with Crippen LogP contribution in [-0.4, -0.2) is 11.7 Å². The summed E-state index contributed by atoms with van der Waals surface area (Å²) in [7, 11) is 0. The van der Waals surface area contributed by atoms with E-state index in [4.69, 9.17) is 11.5 Å². The van der Waals surface area contributed by atoms with Gasteiger partial charge >= 0.3 is 0 Å². The molecule has 0 saturated heterocycles. The standard InChI is InChI=1S/C5H6O/c1-2-3-4-5-6/h1,3-4,6H,5H2/b4-3-. The van der Waals surface area contributed by atoms with Gasteiger partial charge in [-0.05, 0) is 6.08 Å². The molecule has 0 aliphatic rings. The van der Waals surface area contributed by atoms with Crippen molar-refractivity contribution < 1.29 is 5.11 Å². The third kappa shape index (κ3) is 3.26. The molecule has 0 saturated carbocycles. The Kier molecular flexibility index (Phi) is 3.73. The maximum atomic E-state index is 8.02. The minimum Gasteiger partial charge on any atom is -0.392 e. The number of rotatable bonds is 1. The first kappa shape index (κ1) is 5.26. The zero-order valence-corrected chi connectivity index (χ0v) is 3.39. The van der Waals surface area contributed by atoms with Gasteiger partial charge in [0.1, 0.15) is 0 Å². The molecule has 0 bridgehead atoms. The van der Waals surface area contributed by atoms with Gasteiger partial charge in [0.05, 0.1) is 6.61 Å². The summed E-state index contributed by atoms with van der Waals surface area (Å²) in [6, 6.07) is 0. The van der Waals surface area contributed by atoms with Gasteiger partial charge in [0, 0.05) is 0 Å². The Morgan fingerprint density at radius 2 is 2.50 bits per heavy atom. The SMILES string of the molecule is C#C/C=C\CO. The Labute approximate surface area is 37.3 Å². The number of aliphatic hydroxyl groups excluding tert-OH is 1. The Balaban J connectivity index is 3.02. The molecule has 0 fully saturated rings. The van der Waals surface area contributed by atoms with Crippen LogP contribution in [0.3, 0.4) is 0 Å². The Bertz CT molecular complexity index is 76.4. The zero-order chi connectivity index (χ0) is 4.83. The molecular weight excluding hydrogens is 76.1 g/mol. The molecular formula is C5H6O. The lowest BCUT2D eigenvalue weighted by Crippen LogP contribution is -1.66. The molecule has 0 rings (SSSR count). The highest BCUT2D eigenvalue weighted by molar-refractivity contribution is 5.08. The summed E-state index contributed by atoms with van der Waals surface area (Å²) in [5, 5.41) is 8.02. The third-order valence-electron chi connectivity index (χ3n) is 0.319. The average molecular weight is 82.1 g/mol. The van der Waals surface area contributed by atoms with Crippen LogP contribution in [0.1, 0.15) is 0 Å². The average Bonchev–Trinajstić information content (AvgIpc) is 1.61. The topological polar surface area (TPSA) is 20.2 Å². The van der Waals surface area contributed by atoms with Gasteiger partial charge in [-0.3, -0.25) is 0 Å². The van der Waals surface area contributed by atoms with Crippen LogP contribution in [-0.2, 0) is 0 Å². The largest absolute Gasteiger partial charge is 0.392 e. The Morgan fingerprint density at radius 1 is 1.83 bits per heavy atom. The van der Waals surface area contributed by atoms with Gasteiger partial charge in [-0.25, -0.2) is 0 Å². The molecule has 0 aliphatic carbocycles. The lowest BCUT2D eigenvalue weighted by atomic mass is 10.5. The van der Waals surface area contributed by atoms with E-state index in [1.165, 1.54) is 12.2 Å². The maximum Gasteiger partial charge on any atom is 0.0621 e. The van der Waals surface area contributed by atoms with E-state index < -0.39 is 0 Å². The zero-order valence-electron chi connectivity index (χ0n) is 3.39. The molecule has 0 aliphatic heterocycles. The van der Waals surface area contributed by atoms with E-state index in [1.807, 2.05) is 0 Å². The molecule has 0 spiro atoms. The van der Waals surface area contributed by atoms with Crippen LogP contribution in [0.5, 0.6) is 0 Å². The van der Waals surface area contributed by atoms with Crippen molar-refractivity contribution in [3.05, 3.63) is 12.2 Å². The van der Waals surface area contributed by atoms with E-state index >= 15 is 0 Å². The van der Waals surface area contributed by atoms with Gasteiger partial charge in [0.25, 0.3) is 0 Å². The highest BCUT2D eigenvalue weighted by Gasteiger charge is 1.55. The van der Waals surface area contributed by atoms with Crippen molar-refractivity contribution in [1.29, 1.82) is 0 Å². The van der Waals surface area contributed by atoms with Gasteiger partial charge in [0.2, 0.25) is 0 Å². The van der Waals surface area contributed by atoms with Crippen molar-refractivity contribution in [2.45, 2.75) is 0 Å². The van der Waals surface area contributed by atoms with E-state index in [9.17, 15) is 0 Å². The highest BCUT2D eigenvalue weighted by Crippen LogP contribution is 1.61. The number of terminal acetylenes is 1. The molecule has 32 valence electrons. The van der Waals surface area contributed by atoms with Crippen LogP contribution >= 0.6 is 0 Å². The van der Waals surface area contributed by atoms with Gasteiger partial charge in [-0.1, -0.05) is 12.0 Å². The molecule has 0 amide bonds. The summed E-state index contributed by atoms with van der Waals surface area (Å²) in [5.41, 5.74) is 0. The van der Waals surface area contributed by atoms with Gasteiger partial charge < -0.3 is 5.11 Å². The fourth-order valence-corrected chi connectivity index (χ4v) is 0.121. The summed E-state index contributed by atoms with van der Waals surface area (Å²) < 4.78 is 0. The summed E-state index contributed by atoms with van der Waals surface area (Å²) in [5.74, 6) is 2.23. The number of hydrogen-bond donors (Lipinski definition) is 1. The molecule has 0 heterocycles. The molecule has 1 heteroatoms. The lowest BCUT2D eigenvalue weighted by molar-refractivity contribution is 0.343. The van der Waals surface area contributed by atoms with Crippen molar-refractivity contribution in [3.63, 3.8) is 0 Å². The summed E-state index contributed by atoms with van der Waals surface area (Å²) in [4.78, 5) is 0. The molecule has 0 aromatic heterocycles. The first-order chi connectivity index (χ1) is 2.91. The molecule has 0 unspecified atom stereocenters. The second kappa shape index (κ2) is 4.26. The van der Waals surface area contributed by atoms with Crippen LogP contribution in [0.15, 0.2) is 12.2 Å². The number of allylic oxidation sites excluding steroid dienone is 1. The molecule has 0 aromatic rings. The van der Waals surface area contributed by atoms with Crippen molar-refractivity contribution in [2.24, 2.45) is 0 Å². The summed E-state index contributed by atoms with van der Waals surface area (Å²) in [6.07, 6.45) is 7.72. The molecule has 0 aromatic carbocycles. The van der Waals surface area contributed by atoms with Crippen LogP contribution in [0.25, 0.3) is 0 Å².